The lowest BCUT2D eigenvalue weighted by atomic mass is 10.1. The third-order valence-electron chi connectivity index (χ3n) is 3.89. The molecule has 0 bridgehead atoms. The van der Waals surface area contributed by atoms with Crippen molar-refractivity contribution < 1.29 is 28.6 Å². The Morgan fingerprint density at radius 3 is 2.67 bits per heavy atom. The molecule has 1 heterocycles. The third kappa shape index (κ3) is 5.49. The summed E-state index contributed by atoms with van der Waals surface area (Å²) in [7, 11) is 0. The number of hydrogen-bond acceptors (Lipinski definition) is 4. The number of carbonyl (C=O) groups excluding carboxylic acids is 1. The zero-order valence-corrected chi connectivity index (χ0v) is 13.4. The molecule has 0 unspecified atom stereocenters. The van der Waals surface area contributed by atoms with Gasteiger partial charge in [0.25, 0.3) is 0 Å². The normalized spacial score (nSPS) is 15.0. The van der Waals surface area contributed by atoms with Crippen molar-refractivity contribution in [3.05, 3.63) is 30.1 Å². The van der Waals surface area contributed by atoms with Crippen LogP contribution in [0.3, 0.4) is 0 Å². The minimum atomic E-state index is -1.03. The van der Waals surface area contributed by atoms with Gasteiger partial charge in [0, 0.05) is 25.7 Å². The van der Waals surface area contributed by atoms with Crippen LogP contribution in [0.2, 0.25) is 0 Å². The van der Waals surface area contributed by atoms with Gasteiger partial charge in [-0.1, -0.05) is 12.1 Å². The number of ether oxygens (including phenoxy) is 2. The number of rotatable bonds is 8. The van der Waals surface area contributed by atoms with Crippen LogP contribution in [0.4, 0.5) is 4.39 Å². The summed E-state index contributed by atoms with van der Waals surface area (Å²) in [4.78, 5) is 24.8. The minimum Gasteiger partial charge on any atom is -0.491 e. The predicted molar refractivity (Wildman–Crippen MR) is 84.3 cm³/mol. The quantitative estimate of drug-likeness (QED) is 0.734. The molecule has 1 N–H and O–H groups in total. The fourth-order valence-corrected chi connectivity index (χ4v) is 2.67. The molecule has 7 heteroatoms. The molecule has 1 aromatic carbocycles. The zero-order valence-electron chi connectivity index (χ0n) is 13.4. The van der Waals surface area contributed by atoms with Gasteiger partial charge in [0.15, 0.2) is 11.6 Å². The van der Waals surface area contributed by atoms with Crippen LogP contribution in [0.1, 0.15) is 25.7 Å². The maximum absolute atomic E-state index is 13.4. The fourth-order valence-electron chi connectivity index (χ4n) is 2.67. The van der Waals surface area contributed by atoms with Gasteiger partial charge in [-0.2, -0.15) is 0 Å². The number of carboxylic acids is 1. The highest BCUT2D eigenvalue weighted by Gasteiger charge is 2.27. The van der Waals surface area contributed by atoms with Crippen molar-refractivity contribution in [2.24, 2.45) is 0 Å². The van der Waals surface area contributed by atoms with Gasteiger partial charge in [0.2, 0.25) is 5.91 Å². The molecule has 0 radical (unpaired) electrons. The molecule has 0 atom stereocenters. The molecule has 1 aliphatic rings. The summed E-state index contributed by atoms with van der Waals surface area (Å²) in [6, 6.07) is 5.97. The number of carbonyl (C=O) groups is 2. The van der Waals surface area contributed by atoms with E-state index in [4.69, 9.17) is 14.6 Å². The fraction of sp³-hybridized carbons (Fsp3) is 0.529. The molecule has 0 spiro atoms. The van der Waals surface area contributed by atoms with Crippen LogP contribution in [-0.2, 0) is 14.3 Å². The van der Waals surface area contributed by atoms with Crippen molar-refractivity contribution in [2.45, 2.75) is 31.7 Å². The largest absolute Gasteiger partial charge is 0.491 e. The van der Waals surface area contributed by atoms with Crippen molar-refractivity contribution in [1.82, 2.24) is 4.90 Å². The van der Waals surface area contributed by atoms with Crippen molar-refractivity contribution in [3.8, 4) is 5.75 Å². The summed E-state index contributed by atoms with van der Waals surface area (Å²) >= 11 is 0. The molecule has 2 rings (SSSR count). The van der Waals surface area contributed by atoms with E-state index in [9.17, 15) is 14.0 Å². The van der Waals surface area contributed by atoms with Crippen LogP contribution in [-0.4, -0.2) is 54.3 Å². The van der Waals surface area contributed by atoms with Gasteiger partial charge in [-0.25, -0.2) is 4.39 Å². The minimum absolute atomic E-state index is 0.102. The van der Waals surface area contributed by atoms with Crippen LogP contribution in [0.25, 0.3) is 0 Å². The summed E-state index contributed by atoms with van der Waals surface area (Å²) in [6.45, 7) is 0.952. The van der Waals surface area contributed by atoms with Crippen LogP contribution < -0.4 is 4.74 Å². The van der Waals surface area contributed by atoms with Crippen LogP contribution in [0.15, 0.2) is 24.3 Å². The highest BCUT2D eigenvalue weighted by atomic mass is 19.1. The van der Waals surface area contributed by atoms with Gasteiger partial charge in [0.05, 0.1) is 6.61 Å². The molecule has 6 nitrogen and oxygen atoms in total. The first-order chi connectivity index (χ1) is 11.6. The Morgan fingerprint density at radius 2 is 2.00 bits per heavy atom. The second-order valence-corrected chi connectivity index (χ2v) is 5.64. The number of aliphatic carboxylic acids is 1. The Morgan fingerprint density at radius 1 is 1.29 bits per heavy atom. The first-order valence-electron chi connectivity index (χ1n) is 8.04. The van der Waals surface area contributed by atoms with Gasteiger partial charge in [-0.05, 0) is 31.4 Å². The van der Waals surface area contributed by atoms with Gasteiger partial charge in [-0.15, -0.1) is 0 Å². The van der Waals surface area contributed by atoms with E-state index in [1.807, 2.05) is 0 Å². The number of amides is 1. The molecule has 0 aliphatic carbocycles. The van der Waals surface area contributed by atoms with Crippen LogP contribution >= 0.6 is 0 Å². The summed E-state index contributed by atoms with van der Waals surface area (Å²) in [5, 5.41) is 9.02. The lowest BCUT2D eigenvalue weighted by Crippen LogP contribution is -2.46. The molecule has 0 aromatic heterocycles. The smallest absolute Gasteiger partial charge is 0.323 e. The molecule has 1 aliphatic heterocycles. The first-order valence-corrected chi connectivity index (χ1v) is 8.04. The van der Waals surface area contributed by atoms with Gasteiger partial charge < -0.3 is 19.5 Å². The summed E-state index contributed by atoms with van der Waals surface area (Å²) in [5.41, 5.74) is 0. The highest BCUT2D eigenvalue weighted by Crippen LogP contribution is 2.17. The SMILES string of the molecule is O=C(O)CN(C(=O)CCCOc1ccccc1F)C1CCOCC1. The second-order valence-electron chi connectivity index (χ2n) is 5.64. The average molecular weight is 339 g/mol. The zero-order chi connectivity index (χ0) is 17.4. The summed E-state index contributed by atoms with van der Waals surface area (Å²) in [6.07, 6.45) is 1.85. The number of halogens is 1. The molecule has 24 heavy (non-hydrogen) atoms. The predicted octanol–water partition coefficient (Wildman–Crippen LogP) is 2.08. The Kier molecular flexibility index (Phi) is 6.99. The maximum Gasteiger partial charge on any atom is 0.323 e. The van der Waals surface area contributed by atoms with Crippen molar-refractivity contribution in [3.63, 3.8) is 0 Å². The molecule has 0 saturated carbocycles. The van der Waals surface area contributed by atoms with E-state index < -0.39 is 11.8 Å². The van der Waals surface area contributed by atoms with Crippen molar-refractivity contribution in [1.29, 1.82) is 0 Å². The maximum atomic E-state index is 13.4. The number of carboxylic acid groups (broad SMARTS) is 1. The van der Waals surface area contributed by atoms with E-state index in [1.165, 1.54) is 17.0 Å². The number of benzene rings is 1. The lowest BCUT2D eigenvalue weighted by molar-refractivity contribution is -0.147. The van der Waals surface area contributed by atoms with E-state index in [0.29, 0.717) is 32.5 Å². The molecule has 1 aromatic rings. The van der Waals surface area contributed by atoms with E-state index in [-0.39, 0.29) is 37.3 Å². The van der Waals surface area contributed by atoms with Crippen molar-refractivity contribution >= 4 is 11.9 Å². The number of hydrogen-bond donors (Lipinski definition) is 1. The summed E-state index contributed by atoms with van der Waals surface area (Å²) < 4.78 is 24.0. The Labute approximate surface area is 140 Å². The molecule has 1 saturated heterocycles. The van der Waals surface area contributed by atoms with E-state index >= 15 is 0 Å². The van der Waals surface area contributed by atoms with Crippen molar-refractivity contribution in [2.75, 3.05) is 26.4 Å². The number of para-hydroxylation sites is 1. The molecule has 1 amide bonds. The molecular weight excluding hydrogens is 317 g/mol. The van der Waals surface area contributed by atoms with E-state index in [2.05, 4.69) is 0 Å². The molecule has 132 valence electrons. The second kappa shape index (κ2) is 9.22. The topological polar surface area (TPSA) is 76.1 Å². The van der Waals surface area contributed by atoms with Gasteiger partial charge in [0.1, 0.15) is 6.54 Å². The van der Waals surface area contributed by atoms with E-state index in [0.717, 1.165) is 0 Å². The number of nitrogens with zero attached hydrogens (tertiary/aromatic N) is 1. The Balaban J connectivity index is 1.81. The third-order valence-corrected chi connectivity index (χ3v) is 3.89. The standard InChI is InChI=1S/C17H22FNO5/c18-14-4-1-2-5-15(14)24-9-3-6-16(20)19(12-17(21)22)13-7-10-23-11-8-13/h1-2,4-5,13H,3,6-12H2,(H,21,22). The average Bonchev–Trinajstić information content (AvgIpc) is 2.58. The van der Waals surface area contributed by atoms with Gasteiger partial charge in [-0.3, -0.25) is 9.59 Å². The molecule has 1 fully saturated rings. The highest BCUT2D eigenvalue weighted by molar-refractivity contribution is 5.81. The monoisotopic (exact) mass is 339 g/mol. The van der Waals surface area contributed by atoms with E-state index in [1.54, 1.807) is 12.1 Å². The van der Waals surface area contributed by atoms with Gasteiger partial charge >= 0.3 is 5.97 Å². The van der Waals surface area contributed by atoms with Crippen LogP contribution in [0.5, 0.6) is 5.75 Å². The van der Waals surface area contributed by atoms with Crippen LogP contribution in [0, 0.1) is 5.82 Å². The lowest BCUT2D eigenvalue weighted by Gasteiger charge is -2.33. The Bertz CT molecular complexity index is 560. The molecular formula is C17H22FNO5. The Hall–Kier alpha value is -2.15. The first kappa shape index (κ1) is 18.2. The summed E-state index contributed by atoms with van der Waals surface area (Å²) in [5.74, 6) is -1.55.